The monoisotopic (exact) mass is 294 g/mol. The van der Waals surface area contributed by atoms with Crippen LogP contribution in [0.15, 0.2) is 30.3 Å². The predicted molar refractivity (Wildman–Crippen MR) is 75.0 cm³/mol. The number of carboxylic acid groups (broad SMARTS) is 2. The number of carbonyl (C=O) groups excluding carboxylic acids is 1. The maximum absolute atomic E-state index is 11.6. The molecule has 0 heterocycles. The Morgan fingerprint density at radius 3 is 2.33 bits per heavy atom. The van der Waals surface area contributed by atoms with Crippen LogP contribution in [0.4, 0.5) is 4.79 Å². The summed E-state index contributed by atoms with van der Waals surface area (Å²) in [5, 5.41) is 22.2. The highest BCUT2D eigenvalue weighted by Crippen LogP contribution is 1.99. The van der Waals surface area contributed by atoms with E-state index in [1.54, 1.807) is 0 Å². The lowest BCUT2D eigenvalue weighted by molar-refractivity contribution is -0.140. The van der Waals surface area contributed by atoms with Gasteiger partial charge in [-0.25, -0.2) is 9.59 Å². The number of amides is 2. The van der Waals surface area contributed by atoms with Gasteiger partial charge in [0.25, 0.3) is 0 Å². The molecule has 0 bridgehead atoms. The van der Waals surface area contributed by atoms with E-state index in [4.69, 9.17) is 10.2 Å². The molecule has 4 N–H and O–H groups in total. The number of carbonyl (C=O) groups is 3. The fourth-order valence-electron chi connectivity index (χ4n) is 1.70. The van der Waals surface area contributed by atoms with E-state index in [1.165, 1.54) is 0 Å². The quantitative estimate of drug-likeness (QED) is 0.567. The van der Waals surface area contributed by atoms with E-state index in [-0.39, 0.29) is 12.8 Å². The summed E-state index contributed by atoms with van der Waals surface area (Å²) in [6.45, 7) is 0.362. The summed E-state index contributed by atoms with van der Waals surface area (Å²) >= 11 is 0. The highest BCUT2D eigenvalue weighted by molar-refractivity contribution is 5.82. The smallest absolute Gasteiger partial charge is 0.326 e. The third-order valence-corrected chi connectivity index (χ3v) is 2.79. The van der Waals surface area contributed by atoms with Crippen LogP contribution in [0.5, 0.6) is 0 Å². The summed E-state index contributed by atoms with van der Waals surface area (Å²) in [4.78, 5) is 32.9. The molecule has 1 atom stereocenters. The zero-order valence-electron chi connectivity index (χ0n) is 11.4. The molecule has 0 aliphatic rings. The summed E-state index contributed by atoms with van der Waals surface area (Å²) < 4.78 is 0. The van der Waals surface area contributed by atoms with Crippen LogP contribution in [-0.2, 0) is 16.0 Å². The topological polar surface area (TPSA) is 116 Å². The zero-order chi connectivity index (χ0) is 15.7. The Bertz CT molecular complexity index is 489. The highest BCUT2D eigenvalue weighted by Gasteiger charge is 2.20. The van der Waals surface area contributed by atoms with E-state index < -0.39 is 24.0 Å². The number of benzene rings is 1. The van der Waals surface area contributed by atoms with Gasteiger partial charge in [0, 0.05) is 13.0 Å². The second-order valence-electron chi connectivity index (χ2n) is 4.46. The first-order chi connectivity index (χ1) is 9.99. The van der Waals surface area contributed by atoms with Gasteiger partial charge in [0.05, 0.1) is 0 Å². The SMILES string of the molecule is O=C(O)CCC(NC(=O)NCCc1ccccc1)C(=O)O. The maximum Gasteiger partial charge on any atom is 0.326 e. The lowest BCUT2D eigenvalue weighted by Gasteiger charge is -2.14. The first-order valence-corrected chi connectivity index (χ1v) is 6.52. The van der Waals surface area contributed by atoms with Crippen molar-refractivity contribution in [2.24, 2.45) is 0 Å². The second kappa shape index (κ2) is 8.57. The predicted octanol–water partition coefficient (Wildman–Crippen LogP) is 0.846. The second-order valence-corrected chi connectivity index (χ2v) is 4.46. The lowest BCUT2D eigenvalue weighted by atomic mass is 10.1. The van der Waals surface area contributed by atoms with E-state index in [0.29, 0.717) is 13.0 Å². The molecule has 0 aliphatic carbocycles. The minimum Gasteiger partial charge on any atom is -0.481 e. The molecule has 0 saturated heterocycles. The van der Waals surface area contributed by atoms with Gasteiger partial charge in [-0.15, -0.1) is 0 Å². The summed E-state index contributed by atoms with van der Waals surface area (Å²) in [5.41, 5.74) is 1.05. The Hall–Kier alpha value is -2.57. The van der Waals surface area contributed by atoms with Crippen molar-refractivity contribution >= 4 is 18.0 Å². The molecule has 1 aromatic carbocycles. The summed E-state index contributed by atoms with van der Waals surface area (Å²) in [6.07, 6.45) is 0.152. The molecule has 114 valence electrons. The van der Waals surface area contributed by atoms with Gasteiger partial charge in [0.1, 0.15) is 6.04 Å². The van der Waals surface area contributed by atoms with Crippen molar-refractivity contribution in [3.05, 3.63) is 35.9 Å². The molecule has 7 nitrogen and oxygen atoms in total. The van der Waals surface area contributed by atoms with Crippen LogP contribution in [0, 0.1) is 0 Å². The number of hydrogen-bond acceptors (Lipinski definition) is 3. The third-order valence-electron chi connectivity index (χ3n) is 2.79. The standard InChI is InChI=1S/C14H18N2O5/c17-12(18)7-6-11(13(19)20)16-14(21)15-9-8-10-4-2-1-3-5-10/h1-5,11H,6-9H2,(H,17,18)(H,19,20)(H2,15,16,21). The Morgan fingerprint density at radius 2 is 1.76 bits per heavy atom. The van der Waals surface area contributed by atoms with Gasteiger partial charge >= 0.3 is 18.0 Å². The lowest BCUT2D eigenvalue weighted by Crippen LogP contribution is -2.46. The normalized spacial score (nSPS) is 11.4. The van der Waals surface area contributed by atoms with Crippen LogP contribution >= 0.6 is 0 Å². The van der Waals surface area contributed by atoms with Gasteiger partial charge in [0.2, 0.25) is 0 Å². The number of nitrogens with one attached hydrogen (secondary N) is 2. The van der Waals surface area contributed by atoms with E-state index in [2.05, 4.69) is 10.6 Å². The fourth-order valence-corrected chi connectivity index (χ4v) is 1.70. The average molecular weight is 294 g/mol. The number of carboxylic acids is 2. The van der Waals surface area contributed by atoms with Gasteiger partial charge < -0.3 is 20.8 Å². The van der Waals surface area contributed by atoms with Crippen molar-refractivity contribution in [1.29, 1.82) is 0 Å². The van der Waals surface area contributed by atoms with Crippen molar-refractivity contribution in [3.63, 3.8) is 0 Å². The van der Waals surface area contributed by atoms with E-state index in [9.17, 15) is 14.4 Å². The first-order valence-electron chi connectivity index (χ1n) is 6.52. The molecule has 0 aromatic heterocycles. The van der Waals surface area contributed by atoms with Crippen LogP contribution in [0.1, 0.15) is 18.4 Å². The van der Waals surface area contributed by atoms with Crippen molar-refractivity contribution in [2.45, 2.75) is 25.3 Å². The highest BCUT2D eigenvalue weighted by atomic mass is 16.4. The van der Waals surface area contributed by atoms with Gasteiger partial charge in [-0.1, -0.05) is 30.3 Å². The van der Waals surface area contributed by atoms with Crippen LogP contribution in [0.25, 0.3) is 0 Å². The van der Waals surface area contributed by atoms with Crippen molar-refractivity contribution < 1.29 is 24.6 Å². The zero-order valence-corrected chi connectivity index (χ0v) is 11.4. The Kier molecular flexibility index (Phi) is 6.73. The molecule has 0 aliphatic heterocycles. The van der Waals surface area contributed by atoms with Gasteiger partial charge in [0.15, 0.2) is 0 Å². The molecular formula is C14H18N2O5. The van der Waals surface area contributed by atoms with Gasteiger partial charge in [-0.2, -0.15) is 0 Å². The molecule has 1 unspecified atom stereocenters. The molecule has 0 spiro atoms. The molecule has 21 heavy (non-hydrogen) atoms. The number of hydrogen-bond donors (Lipinski definition) is 4. The van der Waals surface area contributed by atoms with E-state index in [0.717, 1.165) is 5.56 Å². The summed E-state index contributed by atoms with van der Waals surface area (Å²) in [7, 11) is 0. The minimum absolute atomic E-state index is 0.156. The number of aliphatic carboxylic acids is 2. The third kappa shape index (κ3) is 6.95. The van der Waals surface area contributed by atoms with Crippen LogP contribution < -0.4 is 10.6 Å². The number of rotatable bonds is 8. The number of urea groups is 1. The summed E-state index contributed by atoms with van der Waals surface area (Å²) in [6, 6.07) is 7.69. The van der Waals surface area contributed by atoms with Crippen LogP contribution in [0.3, 0.4) is 0 Å². The van der Waals surface area contributed by atoms with Crippen molar-refractivity contribution in [2.75, 3.05) is 6.54 Å². The molecule has 7 heteroatoms. The average Bonchev–Trinajstić information content (AvgIpc) is 2.44. The fraction of sp³-hybridized carbons (Fsp3) is 0.357. The summed E-state index contributed by atoms with van der Waals surface area (Å²) in [5.74, 6) is -2.36. The van der Waals surface area contributed by atoms with E-state index in [1.807, 2.05) is 30.3 Å². The Labute approximate surface area is 122 Å². The first kappa shape index (κ1) is 16.5. The van der Waals surface area contributed by atoms with Crippen molar-refractivity contribution in [3.8, 4) is 0 Å². The Balaban J connectivity index is 2.33. The van der Waals surface area contributed by atoms with E-state index >= 15 is 0 Å². The van der Waals surface area contributed by atoms with Crippen LogP contribution in [0.2, 0.25) is 0 Å². The molecule has 1 rings (SSSR count). The largest absolute Gasteiger partial charge is 0.481 e. The molecule has 1 aromatic rings. The van der Waals surface area contributed by atoms with Gasteiger partial charge in [-0.05, 0) is 18.4 Å². The molecular weight excluding hydrogens is 276 g/mol. The maximum atomic E-state index is 11.6. The molecule has 0 saturated carbocycles. The van der Waals surface area contributed by atoms with Crippen LogP contribution in [-0.4, -0.2) is 40.8 Å². The molecule has 0 fully saturated rings. The van der Waals surface area contributed by atoms with Gasteiger partial charge in [-0.3, -0.25) is 4.79 Å². The van der Waals surface area contributed by atoms with Crippen molar-refractivity contribution in [1.82, 2.24) is 10.6 Å². The molecule has 0 radical (unpaired) electrons. The minimum atomic E-state index is -1.26. The molecule has 2 amide bonds. The Morgan fingerprint density at radius 1 is 1.10 bits per heavy atom.